The molecule has 2 saturated heterocycles. The van der Waals surface area contributed by atoms with Crippen LogP contribution in [0.25, 0.3) is 0 Å². The van der Waals surface area contributed by atoms with Gasteiger partial charge in [-0.2, -0.15) is 0 Å². The molecule has 0 saturated carbocycles. The van der Waals surface area contributed by atoms with Crippen molar-refractivity contribution in [2.45, 2.75) is 25.0 Å². The third-order valence-electron chi connectivity index (χ3n) is 4.01. The molecule has 4 nitrogen and oxygen atoms in total. The fourth-order valence-corrected chi connectivity index (χ4v) is 2.91. The second-order valence-electron chi connectivity index (χ2n) is 5.56. The monoisotopic (exact) mass is 315 g/mol. The lowest BCUT2D eigenvalue weighted by atomic mass is 10.0. The number of carbonyl (C=O) groups excluding carboxylic acids is 1. The van der Waals surface area contributed by atoms with Gasteiger partial charge in [0.2, 0.25) is 5.91 Å². The molecule has 22 heavy (non-hydrogen) atoms. The average molecular weight is 315 g/mol. The van der Waals surface area contributed by atoms with E-state index in [1.54, 1.807) is 0 Å². The summed E-state index contributed by atoms with van der Waals surface area (Å²) in [6.07, 6.45) is 1.10. The van der Waals surface area contributed by atoms with Gasteiger partial charge < -0.3 is 14.4 Å². The van der Waals surface area contributed by atoms with E-state index in [2.05, 4.69) is 0 Å². The first-order chi connectivity index (χ1) is 10.5. The van der Waals surface area contributed by atoms with Crippen LogP contribution in [0.4, 0.5) is 13.2 Å². The summed E-state index contributed by atoms with van der Waals surface area (Å²) in [7, 11) is 0. The van der Waals surface area contributed by atoms with Crippen molar-refractivity contribution in [2.24, 2.45) is 0 Å². The molecule has 1 aromatic rings. The Balaban J connectivity index is 1.70. The van der Waals surface area contributed by atoms with Crippen LogP contribution in [0.2, 0.25) is 0 Å². The van der Waals surface area contributed by atoms with Gasteiger partial charge in [0.25, 0.3) is 0 Å². The van der Waals surface area contributed by atoms with Crippen molar-refractivity contribution < 1.29 is 27.4 Å². The van der Waals surface area contributed by atoms with E-state index in [1.807, 2.05) is 0 Å². The summed E-state index contributed by atoms with van der Waals surface area (Å²) in [6, 6.07) is 1.18. The zero-order valence-corrected chi connectivity index (χ0v) is 11.9. The van der Waals surface area contributed by atoms with Crippen LogP contribution < -0.4 is 0 Å². The van der Waals surface area contributed by atoms with Crippen molar-refractivity contribution >= 4 is 5.91 Å². The van der Waals surface area contributed by atoms with Crippen LogP contribution in [0.5, 0.6) is 0 Å². The van der Waals surface area contributed by atoms with Crippen LogP contribution in [0.15, 0.2) is 12.1 Å². The Labute approximate surface area is 125 Å². The van der Waals surface area contributed by atoms with E-state index in [-0.39, 0.29) is 24.4 Å². The van der Waals surface area contributed by atoms with Gasteiger partial charge in [-0.3, -0.25) is 4.79 Å². The third-order valence-corrected chi connectivity index (χ3v) is 4.01. The standard InChI is InChI=1S/C15H16F3NO3/c16-11-8-13(18)12(17)6-10(11)7-14(20)19-3-1-2-15(9-19)21-4-5-22-15/h6,8H,1-5,7,9H2. The number of hydrogen-bond donors (Lipinski definition) is 0. The van der Waals surface area contributed by atoms with E-state index in [0.29, 0.717) is 38.7 Å². The fourth-order valence-electron chi connectivity index (χ4n) is 2.91. The summed E-state index contributed by atoms with van der Waals surface area (Å²) < 4.78 is 50.9. The van der Waals surface area contributed by atoms with Gasteiger partial charge in [0.15, 0.2) is 17.4 Å². The minimum Gasteiger partial charge on any atom is -0.346 e. The SMILES string of the molecule is O=C(Cc1cc(F)c(F)cc1F)N1CCCC2(C1)OCCO2. The molecule has 1 amide bonds. The Morgan fingerprint density at radius 2 is 1.82 bits per heavy atom. The maximum atomic E-state index is 13.6. The highest BCUT2D eigenvalue weighted by atomic mass is 19.2. The van der Waals surface area contributed by atoms with E-state index >= 15 is 0 Å². The van der Waals surface area contributed by atoms with Gasteiger partial charge in [-0.05, 0) is 12.5 Å². The highest BCUT2D eigenvalue weighted by Crippen LogP contribution is 2.30. The van der Waals surface area contributed by atoms with Gasteiger partial charge in [-0.25, -0.2) is 13.2 Å². The van der Waals surface area contributed by atoms with Crippen LogP contribution in [0, 0.1) is 17.5 Å². The summed E-state index contributed by atoms with van der Waals surface area (Å²) in [5.74, 6) is -4.48. The molecule has 2 fully saturated rings. The minimum atomic E-state index is -1.27. The van der Waals surface area contributed by atoms with Gasteiger partial charge in [0.1, 0.15) is 5.82 Å². The second kappa shape index (κ2) is 5.89. The molecular weight excluding hydrogens is 299 g/mol. The molecule has 3 rings (SSSR count). The van der Waals surface area contributed by atoms with Crippen LogP contribution in [-0.4, -0.2) is 42.9 Å². The molecule has 0 radical (unpaired) electrons. The summed E-state index contributed by atoms with van der Waals surface area (Å²) in [4.78, 5) is 13.8. The van der Waals surface area contributed by atoms with Crippen molar-refractivity contribution in [3.8, 4) is 0 Å². The quantitative estimate of drug-likeness (QED) is 0.784. The summed E-state index contributed by atoms with van der Waals surface area (Å²) in [6.45, 7) is 1.76. The Bertz CT molecular complexity index is 588. The molecule has 1 aromatic carbocycles. The van der Waals surface area contributed by atoms with Crippen LogP contribution in [0.3, 0.4) is 0 Å². The first kappa shape index (κ1) is 15.3. The molecule has 7 heteroatoms. The molecule has 2 heterocycles. The molecule has 1 spiro atoms. The van der Waals surface area contributed by atoms with Gasteiger partial charge in [0.05, 0.1) is 26.2 Å². The van der Waals surface area contributed by atoms with E-state index in [1.165, 1.54) is 4.90 Å². The fraction of sp³-hybridized carbons (Fsp3) is 0.533. The van der Waals surface area contributed by atoms with Gasteiger partial charge in [-0.15, -0.1) is 0 Å². The molecule has 0 aromatic heterocycles. The number of rotatable bonds is 2. The van der Waals surface area contributed by atoms with Crippen molar-refractivity contribution in [3.63, 3.8) is 0 Å². The molecule has 0 N–H and O–H groups in total. The molecule has 0 aliphatic carbocycles. The van der Waals surface area contributed by atoms with Crippen molar-refractivity contribution in [2.75, 3.05) is 26.3 Å². The molecule has 0 unspecified atom stereocenters. The zero-order valence-electron chi connectivity index (χ0n) is 11.9. The maximum Gasteiger partial charge on any atom is 0.227 e. The molecule has 120 valence electrons. The lowest BCUT2D eigenvalue weighted by molar-refractivity contribution is -0.192. The first-order valence-electron chi connectivity index (χ1n) is 7.18. The van der Waals surface area contributed by atoms with Gasteiger partial charge in [0, 0.05) is 24.6 Å². The van der Waals surface area contributed by atoms with Gasteiger partial charge in [-0.1, -0.05) is 0 Å². The Morgan fingerprint density at radius 1 is 1.14 bits per heavy atom. The zero-order chi connectivity index (χ0) is 15.7. The molecule has 2 aliphatic heterocycles. The van der Waals surface area contributed by atoms with E-state index < -0.39 is 23.2 Å². The topological polar surface area (TPSA) is 38.8 Å². The third kappa shape index (κ3) is 2.96. The highest BCUT2D eigenvalue weighted by molar-refractivity contribution is 5.79. The molecule has 0 bridgehead atoms. The minimum absolute atomic E-state index is 0.156. The second-order valence-corrected chi connectivity index (χ2v) is 5.56. The summed E-state index contributed by atoms with van der Waals surface area (Å²) in [5.41, 5.74) is -0.156. The lowest BCUT2D eigenvalue weighted by Crippen LogP contribution is -2.51. The Kier molecular flexibility index (Phi) is 4.10. The van der Waals surface area contributed by atoms with Crippen LogP contribution >= 0.6 is 0 Å². The van der Waals surface area contributed by atoms with E-state index in [9.17, 15) is 18.0 Å². The summed E-state index contributed by atoms with van der Waals surface area (Å²) in [5, 5.41) is 0. The number of piperidine rings is 1. The average Bonchev–Trinajstić information content (AvgIpc) is 2.92. The number of ether oxygens (including phenoxy) is 2. The number of amides is 1. The van der Waals surface area contributed by atoms with E-state index in [0.717, 1.165) is 6.07 Å². The number of benzene rings is 1. The predicted molar refractivity (Wildman–Crippen MR) is 70.5 cm³/mol. The Morgan fingerprint density at radius 3 is 2.55 bits per heavy atom. The van der Waals surface area contributed by atoms with Crippen molar-refractivity contribution in [1.29, 1.82) is 0 Å². The molecule has 0 atom stereocenters. The van der Waals surface area contributed by atoms with Crippen molar-refractivity contribution in [1.82, 2.24) is 4.90 Å². The maximum absolute atomic E-state index is 13.6. The number of halogens is 3. The number of hydrogen-bond acceptors (Lipinski definition) is 3. The smallest absolute Gasteiger partial charge is 0.227 e. The number of nitrogens with zero attached hydrogens (tertiary/aromatic N) is 1. The Hall–Kier alpha value is -1.60. The molecule has 2 aliphatic rings. The van der Waals surface area contributed by atoms with Crippen LogP contribution in [-0.2, 0) is 20.7 Å². The van der Waals surface area contributed by atoms with Crippen LogP contribution in [0.1, 0.15) is 18.4 Å². The first-order valence-corrected chi connectivity index (χ1v) is 7.18. The molecular formula is C15H16F3NO3. The predicted octanol–water partition coefficient (Wildman–Crippen LogP) is 2.01. The normalized spacial score (nSPS) is 20.6. The largest absolute Gasteiger partial charge is 0.346 e. The van der Waals surface area contributed by atoms with Crippen molar-refractivity contribution in [3.05, 3.63) is 35.1 Å². The number of likely N-dealkylation sites (tertiary alicyclic amines) is 1. The van der Waals surface area contributed by atoms with E-state index in [4.69, 9.17) is 9.47 Å². The highest BCUT2D eigenvalue weighted by Gasteiger charge is 2.42. The lowest BCUT2D eigenvalue weighted by Gasteiger charge is -2.38. The summed E-state index contributed by atoms with van der Waals surface area (Å²) >= 11 is 0. The number of carbonyl (C=O) groups is 1. The van der Waals surface area contributed by atoms with Gasteiger partial charge >= 0.3 is 0 Å².